The van der Waals surface area contributed by atoms with E-state index in [1.807, 2.05) is 43.9 Å². The van der Waals surface area contributed by atoms with Crippen LogP contribution >= 0.6 is 0 Å². The van der Waals surface area contributed by atoms with Crippen molar-refractivity contribution in [2.24, 2.45) is 0 Å². The molecule has 3 rings (SSSR count). The van der Waals surface area contributed by atoms with Gasteiger partial charge in [-0.05, 0) is 25.0 Å². The third kappa shape index (κ3) is 3.63. The Labute approximate surface area is 142 Å². The number of hydrogen-bond acceptors (Lipinski definition) is 5. The van der Waals surface area contributed by atoms with Gasteiger partial charge in [-0.3, -0.25) is 9.78 Å². The predicted molar refractivity (Wildman–Crippen MR) is 89.2 cm³/mol. The number of aryl methyl sites for hydroxylation is 1. The van der Waals surface area contributed by atoms with Crippen LogP contribution in [0.4, 0.5) is 0 Å². The first kappa shape index (κ1) is 16.6. The molecule has 1 fully saturated rings. The number of amides is 1. The normalized spacial score (nSPS) is 18.1. The first-order valence-corrected chi connectivity index (χ1v) is 8.48. The molecule has 128 valence electrons. The molecule has 0 saturated carbocycles. The molecule has 1 atom stereocenters. The zero-order valence-corrected chi connectivity index (χ0v) is 14.5. The van der Waals surface area contributed by atoms with E-state index in [2.05, 4.69) is 15.1 Å². The van der Waals surface area contributed by atoms with Crippen molar-refractivity contribution in [2.45, 2.75) is 57.9 Å². The van der Waals surface area contributed by atoms with Crippen molar-refractivity contribution in [3.63, 3.8) is 0 Å². The summed E-state index contributed by atoms with van der Waals surface area (Å²) in [6.45, 7) is 6.90. The molecule has 0 N–H and O–H groups in total. The first-order chi connectivity index (χ1) is 11.4. The summed E-state index contributed by atoms with van der Waals surface area (Å²) in [5.41, 5.74) is 0.821. The molecule has 0 aliphatic carbocycles. The van der Waals surface area contributed by atoms with Crippen LogP contribution in [0.1, 0.15) is 63.5 Å². The highest BCUT2D eigenvalue weighted by Crippen LogP contribution is 2.31. The van der Waals surface area contributed by atoms with Gasteiger partial charge < -0.3 is 9.42 Å². The van der Waals surface area contributed by atoms with Gasteiger partial charge in [0, 0.05) is 31.0 Å². The van der Waals surface area contributed by atoms with Crippen molar-refractivity contribution >= 4 is 5.91 Å². The van der Waals surface area contributed by atoms with Crippen LogP contribution in [0.5, 0.6) is 0 Å². The Morgan fingerprint density at radius 3 is 2.88 bits per heavy atom. The lowest BCUT2D eigenvalue weighted by atomic mass is 9.96. The van der Waals surface area contributed by atoms with Gasteiger partial charge in [-0.1, -0.05) is 32.0 Å². The fraction of sp³-hybridized carbons (Fsp3) is 0.556. The highest BCUT2D eigenvalue weighted by Gasteiger charge is 2.30. The Kier molecular flexibility index (Phi) is 4.64. The quantitative estimate of drug-likeness (QED) is 0.862. The van der Waals surface area contributed by atoms with Gasteiger partial charge in [0.25, 0.3) is 0 Å². The van der Waals surface area contributed by atoms with E-state index < -0.39 is 0 Å². The van der Waals surface area contributed by atoms with E-state index in [9.17, 15) is 4.79 Å². The lowest BCUT2D eigenvalue weighted by Gasteiger charge is -2.24. The Morgan fingerprint density at radius 1 is 1.38 bits per heavy atom. The van der Waals surface area contributed by atoms with Gasteiger partial charge in [0.05, 0.1) is 11.7 Å². The molecule has 0 bridgehead atoms. The minimum absolute atomic E-state index is 0.0894. The van der Waals surface area contributed by atoms with Gasteiger partial charge in [-0.15, -0.1) is 0 Å². The number of likely N-dealkylation sites (tertiary alicyclic amines) is 1. The van der Waals surface area contributed by atoms with E-state index in [-0.39, 0.29) is 17.4 Å². The van der Waals surface area contributed by atoms with E-state index in [1.165, 1.54) is 0 Å². The van der Waals surface area contributed by atoms with Gasteiger partial charge in [-0.25, -0.2) is 0 Å². The zero-order chi connectivity index (χ0) is 17.2. The zero-order valence-electron chi connectivity index (χ0n) is 14.5. The Morgan fingerprint density at radius 2 is 2.21 bits per heavy atom. The van der Waals surface area contributed by atoms with Crippen molar-refractivity contribution < 1.29 is 9.32 Å². The fourth-order valence-corrected chi connectivity index (χ4v) is 2.96. The van der Waals surface area contributed by atoms with E-state index in [0.29, 0.717) is 24.6 Å². The SMILES string of the molecule is CC(C)(C)c1noc(CCC(=O)N2CCCC2c2ccccn2)n1. The number of pyridine rings is 1. The Balaban J connectivity index is 1.61. The van der Waals surface area contributed by atoms with Crippen LogP contribution in [-0.2, 0) is 16.6 Å². The van der Waals surface area contributed by atoms with Crippen molar-refractivity contribution in [1.29, 1.82) is 0 Å². The summed E-state index contributed by atoms with van der Waals surface area (Å²) in [4.78, 5) is 23.4. The van der Waals surface area contributed by atoms with Crippen molar-refractivity contribution in [2.75, 3.05) is 6.54 Å². The average Bonchev–Trinajstić information content (AvgIpc) is 3.22. The third-order valence-electron chi connectivity index (χ3n) is 4.29. The number of rotatable bonds is 4. The monoisotopic (exact) mass is 328 g/mol. The van der Waals surface area contributed by atoms with Crippen LogP contribution in [0.25, 0.3) is 0 Å². The maximum Gasteiger partial charge on any atom is 0.227 e. The van der Waals surface area contributed by atoms with Gasteiger partial charge in [0.1, 0.15) is 0 Å². The maximum absolute atomic E-state index is 12.6. The molecule has 24 heavy (non-hydrogen) atoms. The molecule has 1 saturated heterocycles. The molecule has 0 spiro atoms. The number of carbonyl (C=O) groups excluding carboxylic acids is 1. The van der Waals surface area contributed by atoms with Crippen LogP contribution in [0.2, 0.25) is 0 Å². The van der Waals surface area contributed by atoms with Gasteiger partial charge in [-0.2, -0.15) is 4.98 Å². The molecule has 2 aromatic heterocycles. The molecule has 0 aromatic carbocycles. The summed E-state index contributed by atoms with van der Waals surface area (Å²) < 4.78 is 5.27. The van der Waals surface area contributed by atoms with E-state index in [0.717, 1.165) is 25.1 Å². The van der Waals surface area contributed by atoms with Crippen molar-refractivity contribution in [1.82, 2.24) is 20.0 Å². The molecule has 1 aliphatic heterocycles. The van der Waals surface area contributed by atoms with Crippen LogP contribution in [0.15, 0.2) is 28.9 Å². The summed E-state index contributed by atoms with van der Waals surface area (Å²) >= 11 is 0. The molecule has 1 unspecified atom stereocenters. The van der Waals surface area contributed by atoms with Crippen LogP contribution < -0.4 is 0 Å². The molecule has 6 heteroatoms. The molecule has 2 aromatic rings. The largest absolute Gasteiger partial charge is 0.339 e. The standard InChI is InChI=1S/C18H24N4O2/c1-18(2,3)17-20-15(24-21-17)9-10-16(23)22-12-6-8-14(22)13-7-4-5-11-19-13/h4-5,7,11,14H,6,8-10,12H2,1-3H3. The summed E-state index contributed by atoms with van der Waals surface area (Å²) in [6, 6.07) is 5.94. The summed E-state index contributed by atoms with van der Waals surface area (Å²) in [5.74, 6) is 1.33. The summed E-state index contributed by atoms with van der Waals surface area (Å²) in [7, 11) is 0. The third-order valence-corrected chi connectivity index (χ3v) is 4.29. The number of carbonyl (C=O) groups is 1. The molecule has 0 radical (unpaired) electrons. The van der Waals surface area contributed by atoms with Crippen LogP contribution in [-0.4, -0.2) is 32.5 Å². The lowest BCUT2D eigenvalue weighted by molar-refractivity contribution is -0.132. The minimum atomic E-state index is -0.148. The second kappa shape index (κ2) is 6.71. The Bertz CT molecular complexity index is 691. The second-order valence-corrected chi connectivity index (χ2v) is 7.26. The smallest absolute Gasteiger partial charge is 0.227 e. The molecule has 1 amide bonds. The van der Waals surface area contributed by atoms with Gasteiger partial charge in [0.2, 0.25) is 11.8 Å². The van der Waals surface area contributed by atoms with E-state index in [4.69, 9.17) is 4.52 Å². The molecule has 6 nitrogen and oxygen atoms in total. The molecule has 1 aliphatic rings. The number of hydrogen-bond donors (Lipinski definition) is 0. The summed E-state index contributed by atoms with van der Waals surface area (Å²) in [5, 5.41) is 4.00. The average molecular weight is 328 g/mol. The molecular formula is C18H24N4O2. The molecular weight excluding hydrogens is 304 g/mol. The minimum Gasteiger partial charge on any atom is -0.339 e. The molecule has 3 heterocycles. The fourth-order valence-electron chi connectivity index (χ4n) is 2.96. The van der Waals surface area contributed by atoms with Crippen molar-refractivity contribution in [3.8, 4) is 0 Å². The van der Waals surface area contributed by atoms with Crippen LogP contribution in [0.3, 0.4) is 0 Å². The second-order valence-electron chi connectivity index (χ2n) is 7.26. The first-order valence-electron chi connectivity index (χ1n) is 8.48. The highest BCUT2D eigenvalue weighted by molar-refractivity contribution is 5.77. The van der Waals surface area contributed by atoms with Crippen molar-refractivity contribution in [3.05, 3.63) is 41.8 Å². The topological polar surface area (TPSA) is 72.1 Å². The van der Waals surface area contributed by atoms with Crippen LogP contribution in [0, 0.1) is 0 Å². The number of aromatic nitrogens is 3. The van der Waals surface area contributed by atoms with E-state index in [1.54, 1.807) is 6.20 Å². The lowest BCUT2D eigenvalue weighted by Crippen LogP contribution is -2.31. The maximum atomic E-state index is 12.6. The number of nitrogens with zero attached hydrogens (tertiary/aromatic N) is 4. The van der Waals surface area contributed by atoms with Gasteiger partial charge >= 0.3 is 0 Å². The summed E-state index contributed by atoms with van der Waals surface area (Å²) in [6.07, 6.45) is 4.63. The predicted octanol–water partition coefficient (Wildman–Crippen LogP) is 3.06. The van der Waals surface area contributed by atoms with E-state index >= 15 is 0 Å². The highest BCUT2D eigenvalue weighted by atomic mass is 16.5. The Hall–Kier alpha value is -2.24. The van der Waals surface area contributed by atoms with Gasteiger partial charge in [0.15, 0.2) is 5.82 Å².